The van der Waals surface area contributed by atoms with Gasteiger partial charge < -0.3 is 0 Å². The smallest absolute Gasteiger partial charge is 0.0406 e. The Bertz CT molecular complexity index is 530. The Morgan fingerprint density at radius 1 is 1.05 bits per heavy atom. The second-order valence-corrected chi connectivity index (χ2v) is 4.23. The number of hydrogen-bond donors (Lipinski definition) is 0. The van der Waals surface area contributed by atoms with Crippen LogP contribution >= 0.6 is 0 Å². The van der Waals surface area contributed by atoms with Crippen LogP contribution in [0.2, 0.25) is 0 Å². The van der Waals surface area contributed by atoms with Crippen molar-refractivity contribution in [1.29, 1.82) is 0 Å². The van der Waals surface area contributed by atoms with Crippen molar-refractivity contribution in [2.24, 2.45) is 0 Å². The standard InChI is InChI=1S/2C9H11N/c1-3-8-5-6-10-9(4-2)7-8;1-2-3-4-9-5-7-10-8-6-9/h3,5-7H,1,4H2,2H3;3-8H,2H2,1H3. The van der Waals surface area contributed by atoms with E-state index in [2.05, 4.69) is 42.5 Å². The highest BCUT2D eigenvalue weighted by atomic mass is 14.7. The molecule has 0 atom stereocenters. The summed E-state index contributed by atoms with van der Waals surface area (Å²) in [6, 6.07) is 7.98. The van der Waals surface area contributed by atoms with E-state index in [0.717, 1.165) is 24.1 Å². The average molecular weight is 266 g/mol. The lowest BCUT2D eigenvalue weighted by atomic mass is 10.2. The van der Waals surface area contributed by atoms with Crippen LogP contribution in [-0.4, -0.2) is 9.97 Å². The lowest BCUT2D eigenvalue weighted by Gasteiger charge is -1.95. The molecule has 2 rings (SSSR count). The molecule has 2 heterocycles. The third-order valence-corrected chi connectivity index (χ3v) is 2.69. The summed E-state index contributed by atoms with van der Waals surface area (Å²) < 4.78 is 0. The first-order valence-corrected chi connectivity index (χ1v) is 6.94. The van der Waals surface area contributed by atoms with Gasteiger partial charge in [0.1, 0.15) is 0 Å². The topological polar surface area (TPSA) is 25.8 Å². The van der Waals surface area contributed by atoms with Crippen molar-refractivity contribution < 1.29 is 0 Å². The molecule has 0 amide bonds. The Hall–Kier alpha value is -2.22. The zero-order chi connectivity index (χ0) is 14.6. The van der Waals surface area contributed by atoms with E-state index in [1.807, 2.05) is 36.5 Å². The van der Waals surface area contributed by atoms with Gasteiger partial charge >= 0.3 is 0 Å². The van der Waals surface area contributed by atoms with Crippen molar-refractivity contribution in [3.63, 3.8) is 0 Å². The number of rotatable bonds is 4. The van der Waals surface area contributed by atoms with Crippen LogP contribution < -0.4 is 0 Å². The van der Waals surface area contributed by atoms with Crippen molar-refractivity contribution in [3.8, 4) is 0 Å². The van der Waals surface area contributed by atoms with Crippen molar-refractivity contribution >= 4 is 12.2 Å². The number of nitrogens with zero attached hydrogens (tertiary/aromatic N) is 2. The number of aryl methyl sites for hydroxylation is 1. The molecule has 0 spiro atoms. The average Bonchev–Trinajstić information content (AvgIpc) is 2.54. The molecule has 104 valence electrons. The minimum Gasteiger partial charge on any atom is -0.265 e. The highest BCUT2D eigenvalue weighted by Gasteiger charge is 1.89. The molecule has 0 saturated carbocycles. The normalized spacial score (nSPS) is 9.90. The fourth-order valence-electron chi connectivity index (χ4n) is 1.55. The van der Waals surface area contributed by atoms with E-state index in [0.29, 0.717) is 0 Å². The molecule has 0 aliphatic rings. The van der Waals surface area contributed by atoms with E-state index in [4.69, 9.17) is 0 Å². The minimum absolute atomic E-state index is 0.988. The predicted molar refractivity (Wildman–Crippen MR) is 87.3 cm³/mol. The first-order valence-electron chi connectivity index (χ1n) is 6.94. The Morgan fingerprint density at radius 2 is 1.75 bits per heavy atom. The molecule has 0 aliphatic carbocycles. The first-order chi connectivity index (χ1) is 9.80. The molecule has 0 fully saturated rings. The molecule has 2 aromatic rings. The predicted octanol–water partition coefficient (Wildman–Crippen LogP) is 4.79. The van der Waals surface area contributed by atoms with Gasteiger partial charge in [0.25, 0.3) is 0 Å². The monoisotopic (exact) mass is 266 g/mol. The summed E-state index contributed by atoms with van der Waals surface area (Å²) in [4.78, 5) is 8.08. The summed E-state index contributed by atoms with van der Waals surface area (Å²) in [7, 11) is 0. The maximum Gasteiger partial charge on any atom is 0.0406 e. The summed E-state index contributed by atoms with van der Waals surface area (Å²) in [5, 5.41) is 0. The van der Waals surface area contributed by atoms with Crippen LogP contribution in [0.15, 0.2) is 55.5 Å². The quantitative estimate of drug-likeness (QED) is 0.795. The molecule has 2 nitrogen and oxygen atoms in total. The highest BCUT2D eigenvalue weighted by molar-refractivity contribution is 5.47. The zero-order valence-electron chi connectivity index (χ0n) is 12.3. The second kappa shape index (κ2) is 9.68. The Morgan fingerprint density at radius 3 is 2.35 bits per heavy atom. The van der Waals surface area contributed by atoms with Gasteiger partial charge in [-0.1, -0.05) is 38.7 Å². The van der Waals surface area contributed by atoms with Crippen molar-refractivity contribution in [3.05, 3.63) is 72.3 Å². The van der Waals surface area contributed by atoms with Crippen LogP contribution in [0.25, 0.3) is 12.2 Å². The Balaban J connectivity index is 0.000000200. The van der Waals surface area contributed by atoms with Gasteiger partial charge in [-0.05, 0) is 48.2 Å². The number of aromatic nitrogens is 2. The van der Waals surface area contributed by atoms with Crippen LogP contribution in [0.5, 0.6) is 0 Å². The molecule has 20 heavy (non-hydrogen) atoms. The molecule has 0 aliphatic heterocycles. The van der Waals surface area contributed by atoms with Gasteiger partial charge in [-0.15, -0.1) is 0 Å². The Kier molecular flexibility index (Phi) is 7.66. The second-order valence-electron chi connectivity index (χ2n) is 4.23. The molecular formula is C18H22N2. The largest absolute Gasteiger partial charge is 0.265 e. The molecule has 0 N–H and O–H groups in total. The molecule has 0 unspecified atom stereocenters. The van der Waals surface area contributed by atoms with Crippen LogP contribution in [0, 0.1) is 0 Å². The fraction of sp³-hybridized carbons (Fsp3) is 0.222. The van der Waals surface area contributed by atoms with Crippen molar-refractivity contribution in [2.75, 3.05) is 0 Å². The maximum atomic E-state index is 4.16. The van der Waals surface area contributed by atoms with E-state index in [-0.39, 0.29) is 0 Å². The van der Waals surface area contributed by atoms with Crippen molar-refractivity contribution in [2.45, 2.75) is 26.7 Å². The van der Waals surface area contributed by atoms with Gasteiger partial charge in [-0.2, -0.15) is 0 Å². The molecular weight excluding hydrogens is 244 g/mol. The van der Waals surface area contributed by atoms with E-state index in [1.54, 1.807) is 12.4 Å². The molecule has 2 aromatic heterocycles. The Labute approximate surface area is 121 Å². The molecule has 0 saturated heterocycles. The molecule has 2 heteroatoms. The summed E-state index contributed by atoms with van der Waals surface area (Å²) in [5.41, 5.74) is 3.49. The third-order valence-electron chi connectivity index (χ3n) is 2.69. The van der Waals surface area contributed by atoms with Gasteiger partial charge in [0.05, 0.1) is 0 Å². The summed E-state index contributed by atoms with van der Waals surface area (Å²) >= 11 is 0. The van der Waals surface area contributed by atoms with E-state index in [1.165, 1.54) is 5.56 Å². The van der Waals surface area contributed by atoms with E-state index >= 15 is 0 Å². The fourth-order valence-corrected chi connectivity index (χ4v) is 1.55. The van der Waals surface area contributed by atoms with Gasteiger partial charge in [-0.25, -0.2) is 0 Å². The first kappa shape index (κ1) is 15.8. The van der Waals surface area contributed by atoms with Crippen LogP contribution in [0.4, 0.5) is 0 Å². The van der Waals surface area contributed by atoms with Crippen molar-refractivity contribution in [1.82, 2.24) is 9.97 Å². The van der Waals surface area contributed by atoms with Gasteiger partial charge in [-0.3, -0.25) is 9.97 Å². The third kappa shape index (κ3) is 6.10. The number of pyridine rings is 2. The van der Waals surface area contributed by atoms with Gasteiger partial charge in [0.15, 0.2) is 0 Å². The minimum atomic E-state index is 0.988. The number of allylic oxidation sites excluding steroid dienone is 1. The van der Waals surface area contributed by atoms with Gasteiger partial charge in [0.2, 0.25) is 0 Å². The summed E-state index contributed by atoms with van der Waals surface area (Å²) in [6.45, 7) is 7.89. The molecule has 0 aromatic carbocycles. The maximum absolute atomic E-state index is 4.16. The lowest BCUT2D eigenvalue weighted by molar-refractivity contribution is 1.03. The van der Waals surface area contributed by atoms with E-state index < -0.39 is 0 Å². The zero-order valence-corrected chi connectivity index (χ0v) is 12.3. The van der Waals surface area contributed by atoms with Crippen LogP contribution in [0.3, 0.4) is 0 Å². The summed E-state index contributed by atoms with van der Waals surface area (Å²) in [6.07, 6.45) is 13.6. The number of hydrogen-bond acceptors (Lipinski definition) is 2. The molecule has 0 bridgehead atoms. The molecule has 0 radical (unpaired) electrons. The van der Waals surface area contributed by atoms with Crippen LogP contribution in [0.1, 0.15) is 37.1 Å². The lowest BCUT2D eigenvalue weighted by Crippen LogP contribution is -1.85. The van der Waals surface area contributed by atoms with Gasteiger partial charge in [0, 0.05) is 24.3 Å². The SMILES string of the molecule is C=Cc1ccnc(CC)c1.CCC=Cc1ccncc1. The summed E-state index contributed by atoms with van der Waals surface area (Å²) in [5.74, 6) is 0. The van der Waals surface area contributed by atoms with E-state index in [9.17, 15) is 0 Å². The highest BCUT2D eigenvalue weighted by Crippen LogP contribution is 2.02. The van der Waals surface area contributed by atoms with Crippen LogP contribution in [-0.2, 0) is 6.42 Å².